The van der Waals surface area contributed by atoms with Crippen LogP contribution in [0.5, 0.6) is 0 Å². The van der Waals surface area contributed by atoms with Crippen LogP contribution in [0.25, 0.3) is 0 Å². The second kappa shape index (κ2) is 6.51. The number of ether oxygens (including phenoxy) is 3. The Morgan fingerprint density at radius 3 is 2.37 bits per heavy atom. The highest BCUT2D eigenvalue weighted by Crippen LogP contribution is 2.27. The van der Waals surface area contributed by atoms with E-state index in [9.17, 15) is 0 Å². The van der Waals surface area contributed by atoms with Crippen LogP contribution in [-0.4, -0.2) is 25.1 Å². The summed E-state index contributed by atoms with van der Waals surface area (Å²) in [5.74, 6) is 0.379. The summed E-state index contributed by atoms with van der Waals surface area (Å²) in [6.45, 7) is 8.16. The summed E-state index contributed by atoms with van der Waals surface area (Å²) < 4.78 is 17.7. The smallest absolute Gasteiger partial charge is 0.160 e. The van der Waals surface area contributed by atoms with Gasteiger partial charge in [-0.1, -0.05) is 51.1 Å². The first kappa shape index (κ1) is 14.5. The summed E-state index contributed by atoms with van der Waals surface area (Å²) in [7, 11) is 0. The number of rotatable bonds is 5. The van der Waals surface area contributed by atoms with E-state index in [0.29, 0.717) is 25.7 Å². The van der Waals surface area contributed by atoms with Crippen molar-refractivity contribution < 1.29 is 14.2 Å². The van der Waals surface area contributed by atoms with Gasteiger partial charge >= 0.3 is 0 Å². The fourth-order valence-electron chi connectivity index (χ4n) is 2.14. The van der Waals surface area contributed by atoms with E-state index in [1.54, 1.807) is 0 Å². The Kier molecular flexibility index (Phi) is 4.97. The largest absolute Gasteiger partial charge is 0.366 e. The van der Waals surface area contributed by atoms with Gasteiger partial charge in [-0.05, 0) is 12.0 Å². The van der Waals surface area contributed by atoms with Crippen LogP contribution in [0.2, 0.25) is 0 Å². The number of benzene rings is 1. The van der Waals surface area contributed by atoms with Crippen LogP contribution in [0.15, 0.2) is 30.3 Å². The molecule has 0 saturated carbocycles. The molecule has 0 aromatic heterocycles. The molecule has 1 aromatic rings. The maximum absolute atomic E-state index is 6.08. The van der Waals surface area contributed by atoms with Gasteiger partial charge in [0.05, 0.1) is 19.8 Å². The predicted octanol–water partition coefficient (Wildman–Crippen LogP) is 3.38. The first-order chi connectivity index (χ1) is 9.15. The zero-order valence-electron chi connectivity index (χ0n) is 12.1. The minimum Gasteiger partial charge on any atom is -0.366 e. The molecular formula is C16H24O3. The molecule has 1 aliphatic rings. The highest BCUT2D eigenvalue weighted by atomic mass is 16.7. The number of hydrogen-bond acceptors (Lipinski definition) is 3. The first-order valence-corrected chi connectivity index (χ1v) is 7.06. The second-order valence-electron chi connectivity index (χ2n) is 5.55. The van der Waals surface area contributed by atoms with Crippen molar-refractivity contribution in [2.24, 2.45) is 5.92 Å². The van der Waals surface area contributed by atoms with Gasteiger partial charge in [-0.25, -0.2) is 0 Å². The molecule has 0 N–H and O–H groups in total. The van der Waals surface area contributed by atoms with Crippen LogP contribution in [0.1, 0.15) is 32.8 Å². The van der Waals surface area contributed by atoms with Gasteiger partial charge in [0.25, 0.3) is 0 Å². The van der Waals surface area contributed by atoms with Gasteiger partial charge < -0.3 is 14.2 Å². The Bertz CT molecular complexity index is 367. The third kappa shape index (κ3) is 3.78. The Labute approximate surface area is 115 Å². The fourth-order valence-corrected chi connectivity index (χ4v) is 2.14. The zero-order valence-corrected chi connectivity index (χ0v) is 12.1. The average Bonchev–Trinajstić information content (AvgIpc) is 2.46. The molecule has 0 spiro atoms. The third-order valence-electron chi connectivity index (χ3n) is 3.60. The normalized spacial score (nSPS) is 27.7. The standard InChI is InChI=1S/C16H24O3/c1-4-16(11-17-15(13(2)3)18-12-16)19-10-14-8-6-5-7-9-14/h5-9,13,15H,4,10-12H2,1-3H3/t15-,16+. The summed E-state index contributed by atoms with van der Waals surface area (Å²) in [6, 6.07) is 10.2. The minimum atomic E-state index is -0.304. The molecule has 1 fully saturated rings. The van der Waals surface area contributed by atoms with Crippen molar-refractivity contribution in [2.75, 3.05) is 13.2 Å². The van der Waals surface area contributed by atoms with Gasteiger partial charge in [-0.2, -0.15) is 0 Å². The van der Waals surface area contributed by atoms with Crippen molar-refractivity contribution >= 4 is 0 Å². The highest BCUT2D eigenvalue weighted by Gasteiger charge is 2.37. The van der Waals surface area contributed by atoms with E-state index in [4.69, 9.17) is 14.2 Å². The summed E-state index contributed by atoms with van der Waals surface area (Å²) in [6.07, 6.45) is 0.796. The maximum atomic E-state index is 6.08. The lowest BCUT2D eigenvalue weighted by Gasteiger charge is -2.40. The van der Waals surface area contributed by atoms with Crippen LogP contribution in [0.4, 0.5) is 0 Å². The Balaban J connectivity index is 1.90. The van der Waals surface area contributed by atoms with Crippen LogP contribution >= 0.6 is 0 Å². The van der Waals surface area contributed by atoms with Crippen molar-refractivity contribution in [1.82, 2.24) is 0 Å². The molecule has 3 heteroatoms. The molecule has 0 aliphatic carbocycles. The van der Waals surface area contributed by atoms with E-state index in [1.165, 1.54) is 5.56 Å². The first-order valence-electron chi connectivity index (χ1n) is 7.06. The van der Waals surface area contributed by atoms with Crippen molar-refractivity contribution in [3.63, 3.8) is 0 Å². The van der Waals surface area contributed by atoms with Gasteiger partial charge in [0.15, 0.2) is 6.29 Å². The Morgan fingerprint density at radius 2 is 1.84 bits per heavy atom. The highest BCUT2D eigenvalue weighted by molar-refractivity contribution is 5.13. The minimum absolute atomic E-state index is 0.0972. The van der Waals surface area contributed by atoms with E-state index < -0.39 is 0 Å². The lowest BCUT2D eigenvalue weighted by Crippen LogP contribution is -2.50. The summed E-state index contributed by atoms with van der Waals surface area (Å²) in [4.78, 5) is 0. The van der Waals surface area contributed by atoms with Crippen LogP contribution in [0, 0.1) is 5.92 Å². The van der Waals surface area contributed by atoms with Crippen molar-refractivity contribution in [2.45, 2.75) is 45.7 Å². The van der Waals surface area contributed by atoms with Gasteiger partial charge in [0.2, 0.25) is 0 Å². The topological polar surface area (TPSA) is 27.7 Å². The molecule has 0 atom stereocenters. The Morgan fingerprint density at radius 1 is 1.21 bits per heavy atom. The lowest BCUT2D eigenvalue weighted by atomic mass is 10.0. The molecule has 0 bridgehead atoms. The summed E-state index contributed by atoms with van der Waals surface area (Å²) in [5.41, 5.74) is 0.877. The van der Waals surface area contributed by atoms with E-state index in [-0.39, 0.29) is 11.9 Å². The molecule has 19 heavy (non-hydrogen) atoms. The summed E-state index contributed by atoms with van der Waals surface area (Å²) >= 11 is 0. The third-order valence-corrected chi connectivity index (χ3v) is 3.60. The molecule has 1 heterocycles. The molecule has 0 unspecified atom stereocenters. The SMILES string of the molecule is CC[C@]1(OCc2ccccc2)CO[C@@H](C(C)C)OC1. The molecule has 3 nitrogen and oxygen atoms in total. The van der Waals surface area contributed by atoms with Crippen LogP contribution in [0.3, 0.4) is 0 Å². The molecule has 1 aromatic carbocycles. The Hall–Kier alpha value is -0.900. The van der Waals surface area contributed by atoms with Gasteiger partial charge in [0, 0.05) is 5.92 Å². The molecule has 1 aliphatic heterocycles. The zero-order chi connectivity index (χ0) is 13.7. The van der Waals surface area contributed by atoms with E-state index in [2.05, 4.69) is 32.9 Å². The quantitative estimate of drug-likeness (QED) is 0.816. The van der Waals surface area contributed by atoms with Gasteiger partial charge in [0.1, 0.15) is 5.60 Å². The monoisotopic (exact) mass is 264 g/mol. The van der Waals surface area contributed by atoms with Crippen LogP contribution in [-0.2, 0) is 20.8 Å². The summed E-state index contributed by atoms with van der Waals surface area (Å²) in [5, 5.41) is 0. The van der Waals surface area contributed by atoms with E-state index >= 15 is 0 Å². The number of hydrogen-bond donors (Lipinski definition) is 0. The lowest BCUT2D eigenvalue weighted by molar-refractivity contribution is -0.280. The molecule has 2 rings (SSSR count). The van der Waals surface area contributed by atoms with Crippen LogP contribution < -0.4 is 0 Å². The molecule has 0 radical (unpaired) electrons. The molecular weight excluding hydrogens is 240 g/mol. The second-order valence-corrected chi connectivity index (χ2v) is 5.55. The maximum Gasteiger partial charge on any atom is 0.160 e. The fraction of sp³-hybridized carbons (Fsp3) is 0.625. The average molecular weight is 264 g/mol. The molecule has 1 saturated heterocycles. The van der Waals surface area contributed by atoms with Crippen molar-refractivity contribution in [3.05, 3.63) is 35.9 Å². The predicted molar refractivity (Wildman–Crippen MR) is 74.8 cm³/mol. The molecule has 106 valence electrons. The van der Waals surface area contributed by atoms with Crippen molar-refractivity contribution in [1.29, 1.82) is 0 Å². The van der Waals surface area contributed by atoms with E-state index in [0.717, 1.165) is 6.42 Å². The van der Waals surface area contributed by atoms with Crippen molar-refractivity contribution in [3.8, 4) is 0 Å². The van der Waals surface area contributed by atoms with E-state index in [1.807, 2.05) is 18.2 Å². The van der Waals surface area contributed by atoms with Gasteiger partial charge in [-0.15, -0.1) is 0 Å². The molecule has 0 amide bonds. The van der Waals surface area contributed by atoms with Gasteiger partial charge in [-0.3, -0.25) is 0 Å².